The van der Waals surface area contributed by atoms with E-state index >= 15 is 0 Å². The van der Waals surface area contributed by atoms with Crippen LogP contribution >= 0.6 is 0 Å². The Balaban J connectivity index is 2.18. The van der Waals surface area contributed by atoms with E-state index in [1.165, 1.54) is 0 Å². The van der Waals surface area contributed by atoms with E-state index in [-0.39, 0.29) is 6.04 Å². The summed E-state index contributed by atoms with van der Waals surface area (Å²) < 4.78 is 5.14. The molecule has 0 fully saturated rings. The number of benzene rings is 1. The van der Waals surface area contributed by atoms with E-state index in [0.717, 1.165) is 11.4 Å². The van der Waals surface area contributed by atoms with Crippen molar-refractivity contribution in [3.63, 3.8) is 0 Å². The van der Waals surface area contributed by atoms with Gasteiger partial charge >= 0.3 is 0 Å². The zero-order valence-corrected chi connectivity index (χ0v) is 9.64. The molecule has 1 heterocycles. The number of nitrogens with one attached hydrogen (secondary N) is 2. The van der Waals surface area contributed by atoms with E-state index in [4.69, 9.17) is 10.5 Å². The highest BCUT2D eigenvalue weighted by Gasteiger charge is 2.11. The number of methoxy groups -OCH3 is 1. The number of nitrogen functional groups attached to an aromatic ring is 1. The van der Waals surface area contributed by atoms with Gasteiger partial charge in [-0.05, 0) is 19.1 Å². The van der Waals surface area contributed by atoms with Crippen molar-refractivity contribution in [1.29, 1.82) is 0 Å². The van der Waals surface area contributed by atoms with Gasteiger partial charge in [-0.1, -0.05) is 5.21 Å². The maximum atomic E-state index is 5.86. The van der Waals surface area contributed by atoms with E-state index in [2.05, 4.69) is 25.9 Å². The minimum Gasteiger partial charge on any atom is -0.497 e. The first-order chi connectivity index (χ1) is 8.20. The molecule has 2 rings (SSSR count). The van der Waals surface area contributed by atoms with Crippen molar-refractivity contribution in [3.05, 3.63) is 24.0 Å². The van der Waals surface area contributed by atoms with Gasteiger partial charge in [-0.25, -0.2) is 0 Å². The molecule has 90 valence electrons. The minimum atomic E-state index is -0.0943. The van der Waals surface area contributed by atoms with Gasteiger partial charge in [0.1, 0.15) is 5.75 Å². The molecular formula is C10H14N6O. The Morgan fingerprint density at radius 1 is 1.47 bits per heavy atom. The number of rotatable bonds is 4. The summed E-state index contributed by atoms with van der Waals surface area (Å²) in [6, 6.07) is 5.32. The third kappa shape index (κ3) is 2.44. The van der Waals surface area contributed by atoms with Crippen LogP contribution in [-0.2, 0) is 0 Å². The van der Waals surface area contributed by atoms with Crippen LogP contribution in [0.1, 0.15) is 18.8 Å². The Kier molecular flexibility index (Phi) is 3.08. The Morgan fingerprint density at radius 2 is 2.29 bits per heavy atom. The third-order valence-electron chi connectivity index (χ3n) is 2.38. The Hall–Kier alpha value is -2.31. The third-order valence-corrected chi connectivity index (χ3v) is 2.38. The van der Waals surface area contributed by atoms with Gasteiger partial charge in [-0.2, -0.15) is 5.21 Å². The second kappa shape index (κ2) is 4.69. The standard InChI is InChI=1S/C10H14N6O/c1-6(10-13-15-16-14-10)12-9-5-7(17-2)3-4-8(9)11/h3-6,12H,11H2,1-2H3,(H,13,14,15,16). The van der Waals surface area contributed by atoms with Crippen LogP contribution in [-0.4, -0.2) is 27.7 Å². The van der Waals surface area contributed by atoms with Crippen LogP contribution in [0.4, 0.5) is 11.4 Å². The molecule has 17 heavy (non-hydrogen) atoms. The van der Waals surface area contributed by atoms with Crippen LogP contribution < -0.4 is 15.8 Å². The summed E-state index contributed by atoms with van der Waals surface area (Å²) in [6.07, 6.45) is 0. The average molecular weight is 234 g/mol. The Labute approximate surface area is 98.4 Å². The molecule has 0 bridgehead atoms. The lowest BCUT2D eigenvalue weighted by Gasteiger charge is -2.14. The molecule has 0 aliphatic rings. The number of hydrogen-bond donors (Lipinski definition) is 3. The van der Waals surface area contributed by atoms with Crippen molar-refractivity contribution in [3.8, 4) is 5.75 Å². The number of nitrogens with zero attached hydrogens (tertiary/aromatic N) is 3. The fourth-order valence-corrected chi connectivity index (χ4v) is 1.44. The molecule has 7 nitrogen and oxygen atoms in total. The van der Waals surface area contributed by atoms with Crippen molar-refractivity contribution < 1.29 is 4.74 Å². The molecule has 7 heteroatoms. The normalized spacial score (nSPS) is 12.1. The summed E-state index contributed by atoms with van der Waals surface area (Å²) >= 11 is 0. The zero-order chi connectivity index (χ0) is 12.3. The lowest BCUT2D eigenvalue weighted by Crippen LogP contribution is -2.10. The van der Waals surface area contributed by atoms with Gasteiger partial charge in [-0.15, -0.1) is 10.2 Å². The molecule has 0 aliphatic carbocycles. The number of hydrogen-bond acceptors (Lipinski definition) is 6. The number of tetrazole rings is 1. The van der Waals surface area contributed by atoms with Crippen molar-refractivity contribution in [1.82, 2.24) is 20.6 Å². The van der Waals surface area contributed by atoms with Crippen molar-refractivity contribution in [2.75, 3.05) is 18.2 Å². The average Bonchev–Trinajstić information content (AvgIpc) is 2.85. The Morgan fingerprint density at radius 3 is 2.94 bits per heavy atom. The molecule has 0 amide bonds. The number of ether oxygens (including phenoxy) is 1. The monoisotopic (exact) mass is 234 g/mol. The maximum absolute atomic E-state index is 5.86. The first-order valence-electron chi connectivity index (χ1n) is 5.14. The molecule has 0 saturated carbocycles. The number of aromatic nitrogens is 4. The lowest BCUT2D eigenvalue weighted by molar-refractivity contribution is 0.415. The van der Waals surface area contributed by atoms with Crippen molar-refractivity contribution in [2.45, 2.75) is 13.0 Å². The zero-order valence-electron chi connectivity index (χ0n) is 9.64. The van der Waals surface area contributed by atoms with E-state index in [1.807, 2.05) is 13.0 Å². The fraction of sp³-hybridized carbons (Fsp3) is 0.300. The summed E-state index contributed by atoms with van der Waals surface area (Å²) in [5.74, 6) is 1.31. The van der Waals surface area contributed by atoms with E-state index in [9.17, 15) is 0 Å². The highest BCUT2D eigenvalue weighted by atomic mass is 16.5. The predicted molar refractivity (Wildman–Crippen MR) is 63.6 cm³/mol. The van der Waals surface area contributed by atoms with Crippen molar-refractivity contribution >= 4 is 11.4 Å². The lowest BCUT2D eigenvalue weighted by atomic mass is 10.2. The molecule has 4 N–H and O–H groups in total. The predicted octanol–water partition coefficient (Wildman–Crippen LogP) is 0.964. The topological polar surface area (TPSA) is 102 Å². The van der Waals surface area contributed by atoms with Gasteiger partial charge in [0.2, 0.25) is 0 Å². The molecule has 2 aromatic rings. The SMILES string of the molecule is COc1ccc(N)c(NC(C)c2nn[nH]n2)c1. The molecule has 1 atom stereocenters. The fourth-order valence-electron chi connectivity index (χ4n) is 1.44. The number of anilines is 2. The van der Waals surface area contributed by atoms with E-state index in [1.54, 1.807) is 19.2 Å². The number of nitrogens with two attached hydrogens (primary N) is 1. The highest BCUT2D eigenvalue weighted by molar-refractivity contribution is 5.68. The van der Waals surface area contributed by atoms with Crippen LogP contribution in [0, 0.1) is 0 Å². The summed E-state index contributed by atoms with van der Waals surface area (Å²) in [5.41, 5.74) is 7.28. The molecule has 0 spiro atoms. The number of aromatic amines is 1. The summed E-state index contributed by atoms with van der Waals surface area (Å²) in [5, 5.41) is 16.9. The van der Waals surface area contributed by atoms with Crippen LogP contribution in [0.25, 0.3) is 0 Å². The van der Waals surface area contributed by atoms with Crippen LogP contribution in [0.2, 0.25) is 0 Å². The van der Waals surface area contributed by atoms with Gasteiger partial charge in [0.05, 0.1) is 24.5 Å². The molecule has 1 unspecified atom stereocenters. The molecular weight excluding hydrogens is 220 g/mol. The highest BCUT2D eigenvalue weighted by Crippen LogP contribution is 2.27. The summed E-state index contributed by atoms with van der Waals surface area (Å²) in [4.78, 5) is 0. The molecule has 1 aromatic heterocycles. The second-order valence-electron chi connectivity index (χ2n) is 3.59. The summed E-state index contributed by atoms with van der Waals surface area (Å²) in [6.45, 7) is 1.92. The van der Waals surface area contributed by atoms with Gasteiger partial charge in [0.25, 0.3) is 0 Å². The first-order valence-corrected chi connectivity index (χ1v) is 5.14. The molecule has 0 aliphatic heterocycles. The molecule has 1 aromatic carbocycles. The van der Waals surface area contributed by atoms with Crippen LogP contribution in [0.3, 0.4) is 0 Å². The maximum Gasteiger partial charge on any atom is 0.196 e. The van der Waals surface area contributed by atoms with E-state index in [0.29, 0.717) is 11.5 Å². The first kappa shape index (κ1) is 11.2. The minimum absolute atomic E-state index is 0.0943. The van der Waals surface area contributed by atoms with Gasteiger partial charge in [-0.3, -0.25) is 0 Å². The van der Waals surface area contributed by atoms with Gasteiger partial charge in [0, 0.05) is 6.07 Å². The van der Waals surface area contributed by atoms with Crippen LogP contribution in [0.5, 0.6) is 5.75 Å². The van der Waals surface area contributed by atoms with E-state index < -0.39 is 0 Å². The quantitative estimate of drug-likeness (QED) is 0.681. The smallest absolute Gasteiger partial charge is 0.196 e. The Bertz CT molecular complexity index is 484. The largest absolute Gasteiger partial charge is 0.497 e. The van der Waals surface area contributed by atoms with Crippen molar-refractivity contribution in [2.24, 2.45) is 0 Å². The second-order valence-corrected chi connectivity index (χ2v) is 3.59. The molecule has 0 radical (unpaired) electrons. The van der Waals surface area contributed by atoms with Crippen LogP contribution in [0.15, 0.2) is 18.2 Å². The molecule has 0 saturated heterocycles. The number of H-pyrrole nitrogens is 1. The summed E-state index contributed by atoms with van der Waals surface area (Å²) in [7, 11) is 1.61. The van der Waals surface area contributed by atoms with Gasteiger partial charge in [0.15, 0.2) is 5.82 Å². The van der Waals surface area contributed by atoms with Gasteiger partial charge < -0.3 is 15.8 Å².